The van der Waals surface area contributed by atoms with E-state index in [9.17, 15) is 4.79 Å². The fourth-order valence-corrected chi connectivity index (χ4v) is 4.03. The van der Waals surface area contributed by atoms with E-state index in [-0.39, 0.29) is 6.03 Å². The predicted molar refractivity (Wildman–Crippen MR) is 76.9 cm³/mol. The van der Waals surface area contributed by atoms with E-state index in [2.05, 4.69) is 11.6 Å². The zero-order chi connectivity index (χ0) is 13.0. The van der Waals surface area contributed by atoms with Crippen molar-refractivity contribution >= 4 is 17.8 Å². The molecule has 0 aromatic heterocycles. The molecule has 4 nitrogen and oxygen atoms in total. The molecule has 0 aromatic carbocycles. The molecule has 2 amide bonds. The predicted octanol–water partition coefficient (Wildman–Crippen LogP) is 1.79. The molecule has 2 aliphatic rings. The van der Waals surface area contributed by atoms with Gasteiger partial charge in [-0.2, -0.15) is 11.8 Å². The topological polar surface area (TPSA) is 58.4 Å². The van der Waals surface area contributed by atoms with Crippen LogP contribution >= 0.6 is 11.8 Å². The van der Waals surface area contributed by atoms with Gasteiger partial charge in [-0.3, -0.25) is 0 Å². The normalized spacial score (nSPS) is 24.4. The lowest BCUT2D eigenvalue weighted by atomic mass is 10.0. The van der Waals surface area contributed by atoms with Crippen LogP contribution in [0.5, 0.6) is 0 Å². The van der Waals surface area contributed by atoms with Crippen LogP contribution in [0.2, 0.25) is 0 Å². The number of amides is 2. The Morgan fingerprint density at radius 1 is 1.39 bits per heavy atom. The second kappa shape index (κ2) is 6.15. The van der Waals surface area contributed by atoms with Gasteiger partial charge in [0.05, 0.1) is 0 Å². The SMILES string of the molecule is CSC1(CNC2CCN(C(N)=O)CC2)CCCC1. The number of nitrogens with one attached hydrogen (secondary N) is 1. The van der Waals surface area contributed by atoms with Gasteiger partial charge in [0, 0.05) is 30.4 Å². The minimum atomic E-state index is -0.273. The summed E-state index contributed by atoms with van der Waals surface area (Å²) >= 11 is 2.03. The number of primary amides is 1. The zero-order valence-corrected chi connectivity index (χ0v) is 12.1. The summed E-state index contributed by atoms with van der Waals surface area (Å²) in [7, 11) is 0. The fraction of sp³-hybridized carbons (Fsp3) is 0.923. The van der Waals surface area contributed by atoms with Crippen molar-refractivity contribution in [1.29, 1.82) is 0 Å². The standard InChI is InChI=1S/C13H25N3OS/c1-18-13(6-2-3-7-13)10-15-11-4-8-16(9-5-11)12(14)17/h11,15H,2-10H2,1H3,(H2,14,17). The number of nitrogens with zero attached hydrogens (tertiary/aromatic N) is 1. The number of nitrogens with two attached hydrogens (primary N) is 1. The van der Waals surface area contributed by atoms with Gasteiger partial charge in [-0.25, -0.2) is 4.79 Å². The van der Waals surface area contributed by atoms with Crippen LogP contribution in [0.3, 0.4) is 0 Å². The molecular formula is C13H25N3OS. The summed E-state index contributed by atoms with van der Waals surface area (Å²) in [4.78, 5) is 12.8. The van der Waals surface area contributed by atoms with Crippen LogP contribution in [0.25, 0.3) is 0 Å². The molecule has 0 atom stereocenters. The molecule has 1 aliphatic carbocycles. The maximum atomic E-state index is 11.0. The Morgan fingerprint density at radius 2 is 2.00 bits per heavy atom. The van der Waals surface area contributed by atoms with E-state index >= 15 is 0 Å². The number of carbonyl (C=O) groups is 1. The largest absolute Gasteiger partial charge is 0.351 e. The van der Waals surface area contributed by atoms with Crippen molar-refractivity contribution < 1.29 is 4.79 Å². The Labute approximate surface area is 114 Å². The third-order valence-electron chi connectivity index (χ3n) is 4.47. The average Bonchev–Trinajstić information content (AvgIpc) is 2.86. The molecular weight excluding hydrogens is 246 g/mol. The van der Waals surface area contributed by atoms with E-state index in [0.29, 0.717) is 10.8 Å². The molecule has 1 saturated heterocycles. The molecule has 0 radical (unpaired) electrons. The number of likely N-dealkylation sites (tertiary alicyclic amines) is 1. The first-order valence-electron chi connectivity index (χ1n) is 6.98. The van der Waals surface area contributed by atoms with Crippen LogP contribution < -0.4 is 11.1 Å². The number of hydrogen-bond acceptors (Lipinski definition) is 3. The van der Waals surface area contributed by atoms with Gasteiger partial charge >= 0.3 is 6.03 Å². The van der Waals surface area contributed by atoms with E-state index in [1.807, 2.05) is 11.8 Å². The quantitative estimate of drug-likeness (QED) is 0.819. The molecule has 18 heavy (non-hydrogen) atoms. The van der Waals surface area contributed by atoms with Crippen LogP contribution in [0.4, 0.5) is 4.79 Å². The summed E-state index contributed by atoms with van der Waals surface area (Å²) in [6, 6.07) is 0.287. The summed E-state index contributed by atoms with van der Waals surface area (Å²) in [6.07, 6.45) is 9.76. The molecule has 5 heteroatoms. The van der Waals surface area contributed by atoms with Crippen molar-refractivity contribution in [2.75, 3.05) is 25.9 Å². The number of carbonyl (C=O) groups excluding carboxylic acids is 1. The summed E-state index contributed by atoms with van der Waals surface area (Å²) in [6.45, 7) is 2.73. The highest BCUT2D eigenvalue weighted by molar-refractivity contribution is 8.00. The highest BCUT2D eigenvalue weighted by Crippen LogP contribution is 2.39. The second-order valence-corrected chi connectivity index (χ2v) is 6.85. The molecule has 1 aliphatic heterocycles. The van der Waals surface area contributed by atoms with Crippen molar-refractivity contribution in [3.63, 3.8) is 0 Å². The minimum Gasteiger partial charge on any atom is -0.351 e. The van der Waals surface area contributed by atoms with Crippen molar-refractivity contribution in [3.05, 3.63) is 0 Å². The monoisotopic (exact) mass is 271 g/mol. The Kier molecular flexibility index (Phi) is 4.78. The summed E-state index contributed by atoms with van der Waals surface area (Å²) < 4.78 is 0.473. The molecule has 3 N–H and O–H groups in total. The molecule has 0 aromatic rings. The summed E-state index contributed by atoms with van der Waals surface area (Å²) in [5, 5.41) is 3.72. The number of piperidine rings is 1. The molecule has 0 bridgehead atoms. The van der Waals surface area contributed by atoms with E-state index < -0.39 is 0 Å². The summed E-state index contributed by atoms with van der Waals surface area (Å²) in [5.41, 5.74) is 5.29. The van der Waals surface area contributed by atoms with Gasteiger partial charge in [-0.05, 0) is 31.9 Å². The molecule has 0 spiro atoms. The van der Waals surface area contributed by atoms with E-state index in [1.54, 1.807) is 4.90 Å². The smallest absolute Gasteiger partial charge is 0.314 e. The van der Waals surface area contributed by atoms with E-state index in [4.69, 9.17) is 5.73 Å². The van der Waals surface area contributed by atoms with Gasteiger partial charge in [0.25, 0.3) is 0 Å². The molecule has 2 rings (SSSR count). The fourth-order valence-electron chi connectivity index (χ4n) is 3.11. The second-order valence-electron chi connectivity index (χ2n) is 5.57. The maximum absolute atomic E-state index is 11.0. The van der Waals surface area contributed by atoms with Crippen LogP contribution in [0.1, 0.15) is 38.5 Å². The minimum absolute atomic E-state index is 0.273. The first-order chi connectivity index (χ1) is 8.65. The molecule has 1 heterocycles. The van der Waals surface area contributed by atoms with Gasteiger partial charge in [0.15, 0.2) is 0 Å². The molecule has 1 saturated carbocycles. The van der Waals surface area contributed by atoms with Gasteiger partial charge in [0.1, 0.15) is 0 Å². The Hall–Kier alpha value is -0.420. The van der Waals surface area contributed by atoms with Crippen molar-refractivity contribution in [1.82, 2.24) is 10.2 Å². The zero-order valence-electron chi connectivity index (χ0n) is 11.3. The van der Waals surface area contributed by atoms with Crippen LogP contribution in [0.15, 0.2) is 0 Å². The lowest BCUT2D eigenvalue weighted by Crippen LogP contribution is -2.49. The Bertz CT molecular complexity index is 284. The highest BCUT2D eigenvalue weighted by atomic mass is 32.2. The van der Waals surface area contributed by atoms with E-state index in [0.717, 1.165) is 32.5 Å². The number of urea groups is 1. The molecule has 2 fully saturated rings. The van der Waals surface area contributed by atoms with Gasteiger partial charge in [-0.1, -0.05) is 12.8 Å². The van der Waals surface area contributed by atoms with Crippen molar-refractivity contribution in [2.45, 2.75) is 49.3 Å². The average molecular weight is 271 g/mol. The van der Waals surface area contributed by atoms with Crippen molar-refractivity contribution in [3.8, 4) is 0 Å². The van der Waals surface area contributed by atoms with Gasteiger partial charge in [0.2, 0.25) is 0 Å². The highest BCUT2D eigenvalue weighted by Gasteiger charge is 2.33. The first-order valence-corrected chi connectivity index (χ1v) is 8.21. The Balaban J connectivity index is 1.73. The van der Waals surface area contributed by atoms with Crippen molar-refractivity contribution in [2.24, 2.45) is 5.73 Å². The van der Waals surface area contributed by atoms with Crippen LogP contribution in [0, 0.1) is 0 Å². The van der Waals surface area contributed by atoms with Gasteiger partial charge < -0.3 is 16.0 Å². The summed E-state index contributed by atoms with van der Waals surface area (Å²) in [5.74, 6) is 0. The third-order valence-corrected chi connectivity index (χ3v) is 5.89. The molecule has 104 valence electrons. The number of rotatable bonds is 4. The Morgan fingerprint density at radius 3 is 2.50 bits per heavy atom. The van der Waals surface area contributed by atoms with Gasteiger partial charge in [-0.15, -0.1) is 0 Å². The van der Waals surface area contributed by atoms with Crippen LogP contribution in [-0.4, -0.2) is 47.6 Å². The lowest BCUT2D eigenvalue weighted by Gasteiger charge is -2.34. The third kappa shape index (κ3) is 3.32. The van der Waals surface area contributed by atoms with E-state index in [1.165, 1.54) is 25.7 Å². The first kappa shape index (κ1) is 14.0. The molecule has 0 unspecified atom stereocenters. The van der Waals surface area contributed by atoms with Crippen LogP contribution in [-0.2, 0) is 0 Å². The number of hydrogen-bond donors (Lipinski definition) is 2. The number of thioether (sulfide) groups is 1. The maximum Gasteiger partial charge on any atom is 0.314 e. The lowest BCUT2D eigenvalue weighted by molar-refractivity contribution is 0.184.